The first-order chi connectivity index (χ1) is 6.89. The highest BCUT2D eigenvalue weighted by Gasteiger charge is 2.18. The molecule has 0 aliphatic heterocycles. The maximum atomic E-state index is 11.3. The SMILES string of the molecule is CC#CC[C@@H](CO)NC(=O)OC(C)(C)C. The van der Waals surface area contributed by atoms with Crippen LogP contribution in [0.25, 0.3) is 0 Å². The molecule has 0 unspecified atom stereocenters. The molecule has 15 heavy (non-hydrogen) atoms. The van der Waals surface area contributed by atoms with E-state index in [1.807, 2.05) is 0 Å². The third-order valence-electron chi connectivity index (χ3n) is 1.47. The molecular formula is C11H19NO3. The van der Waals surface area contributed by atoms with Crippen molar-refractivity contribution in [3.05, 3.63) is 0 Å². The van der Waals surface area contributed by atoms with Crippen molar-refractivity contribution in [2.24, 2.45) is 0 Å². The molecule has 0 rings (SSSR count). The van der Waals surface area contributed by atoms with Gasteiger partial charge in [0.05, 0.1) is 12.6 Å². The number of carbonyl (C=O) groups is 1. The van der Waals surface area contributed by atoms with Gasteiger partial charge in [-0.25, -0.2) is 4.79 Å². The van der Waals surface area contributed by atoms with E-state index in [-0.39, 0.29) is 12.6 Å². The Labute approximate surface area is 91.0 Å². The lowest BCUT2D eigenvalue weighted by Gasteiger charge is -2.21. The summed E-state index contributed by atoms with van der Waals surface area (Å²) < 4.78 is 5.04. The summed E-state index contributed by atoms with van der Waals surface area (Å²) in [4.78, 5) is 11.3. The second-order valence-electron chi connectivity index (χ2n) is 4.16. The Balaban J connectivity index is 4.05. The summed E-state index contributed by atoms with van der Waals surface area (Å²) in [7, 11) is 0. The quantitative estimate of drug-likeness (QED) is 0.694. The molecular weight excluding hydrogens is 194 g/mol. The summed E-state index contributed by atoms with van der Waals surface area (Å²) >= 11 is 0. The van der Waals surface area contributed by atoms with Crippen LogP contribution in [-0.4, -0.2) is 29.4 Å². The topological polar surface area (TPSA) is 58.6 Å². The lowest BCUT2D eigenvalue weighted by atomic mass is 10.2. The van der Waals surface area contributed by atoms with Crippen molar-refractivity contribution in [2.75, 3.05) is 6.61 Å². The van der Waals surface area contributed by atoms with Gasteiger partial charge < -0.3 is 15.2 Å². The van der Waals surface area contributed by atoms with Gasteiger partial charge in [-0.3, -0.25) is 0 Å². The molecule has 86 valence electrons. The van der Waals surface area contributed by atoms with Gasteiger partial charge in [-0.05, 0) is 27.7 Å². The Hall–Kier alpha value is -1.21. The van der Waals surface area contributed by atoms with Crippen LogP contribution >= 0.6 is 0 Å². The van der Waals surface area contributed by atoms with Crippen LogP contribution in [0.4, 0.5) is 4.79 Å². The van der Waals surface area contributed by atoms with Crippen molar-refractivity contribution in [3.8, 4) is 11.8 Å². The zero-order valence-electron chi connectivity index (χ0n) is 9.76. The molecule has 0 aliphatic carbocycles. The zero-order chi connectivity index (χ0) is 11.9. The number of rotatable bonds is 3. The molecule has 0 saturated carbocycles. The summed E-state index contributed by atoms with van der Waals surface area (Å²) in [6.07, 6.45) is -0.105. The average Bonchev–Trinajstić information content (AvgIpc) is 2.09. The Morgan fingerprint density at radius 1 is 1.53 bits per heavy atom. The number of amides is 1. The van der Waals surface area contributed by atoms with Crippen LogP contribution in [0.3, 0.4) is 0 Å². The van der Waals surface area contributed by atoms with E-state index in [4.69, 9.17) is 9.84 Å². The monoisotopic (exact) mass is 213 g/mol. The molecule has 0 aliphatic rings. The fourth-order valence-electron chi connectivity index (χ4n) is 0.861. The lowest BCUT2D eigenvalue weighted by Crippen LogP contribution is -2.40. The van der Waals surface area contributed by atoms with Crippen molar-refractivity contribution < 1.29 is 14.6 Å². The van der Waals surface area contributed by atoms with Crippen LogP contribution < -0.4 is 5.32 Å². The number of ether oxygens (including phenoxy) is 1. The molecule has 0 aromatic heterocycles. The van der Waals surface area contributed by atoms with E-state index in [1.54, 1.807) is 27.7 Å². The van der Waals surface area contributed by atoms with Gasteiger partial charge in [-0.15, -0.1) is 11.8 Å². The zero-order valence-corrected chi connectivity index (χ0v) is 9.76. The fraction of sp³-hybridized carbons (Fsp3) is 0.727. The van der Waals surface area contributed by atoms with Crippen LogP contribution in [0.2, 0.25) is 0 Å². The first-order valence-electron chi connectivity index (χ1n) is 4.89. The lowest BCUT2D eigenvalue weighted by molar-refractivity contribution is 0.0484. The molecule has 0 radical (unpaired) electrons. The second-order valence-corrected chi connectivity index (χ2v) is 4.16. The smallest absolute Gasteiger partial charge is 0.407 e. The van der Waals surface area contributed by atoms with E-state index >= 15 is 0 Å². The number of nitrogens with one attached hydrogen (secondary N) is 1. The predicted octanol–water partition coefficient (Wildman–Crippen LogP) is 1.29. The standard InChI is InChI=1S/C11H19NO3/c1-5-6-7-9(8-13)12-10(14)15-11(2,3)4/h9,13H,7-8H2,1-4H3,(H,12,14)/t9-/m0/s1. The molecule has 4 nitrogen and oxygen atoms in total. The number of hydrogen-bond acceptors (Lipinski definition) is 3. The van der Waals surface area contributed by atoms with Gasteiger partial charge in [0.15, 0.2) is 0 Å². The number of alkyl carbamates (subject to hydrolysis) is 1. The average molecular weight is 213 g/mol. The summed E-state index contributed by atoms with van der Waals surface area (Å²) in [6, 6.07) is -0.368. The van der Waals surface area contributed by atoms with Gasteiger partial charge in [-0.1, -0.05) is 0 Å². The predicted molar refractivity (Wildman–Crippen MR) is 58.3 cm³/mol. The Bertz CT molecular complexity index is 257. The third-order valence-corrected chi connectivity index (χ3v) is 1.47. The summed E-state index contributed by atoms with van der Waals surface area (Å²) in [6.45, 7) is 6.92. The van der Waals surface area contributed by atoms with Crippen LogP contribution in [0.15, 0.2) is 0 Å². The molecule has 1 amide bonds. The van der Waals surface area contributed by atoms with Crippen LogP contribution in [0.1, 0.15) is 34.1 Å². The Morgan fingerprint density at radius 2 is 2.13 bits per heavy atom. The Morgan fingerprint density at radius 3 is 2.53 bits per heavy atom. The molecule has 0 saturated heterocycles. The molecule has 0 aromatic carbocycles. The van der Waals surface area contributed by atoms with Gasteiger partial charge in [0.25, 0.3) is 0 Å². The van der Waals surface area contributed by atoms with Crippen molar-refractivity contribution in [1.29, 1.82) is 0 Å². The van der Waals surface area contributed by atoms with Crippen molar-refractivity contribution in [3.63, 3.8) is 0 Å². The molecule has 0 aromatic rings. The van der Waals surface area contributed by atoms with E-state index in [0.29, 0.717) is 6.42 Å². The van der Waals surface area contributed by atoms with Crippen molar-refractivity contribution in [2.45, 2.75) is 45.8 Å². The molecule has 0 heterocycles. The van der Waals surface area contributed by atoms with Crippen LogP contribution in [-0.2, 0) is 4.74 Å². The summed E-state index contributed by atoms with van der Waals surface area (Å²) in [5, 5.41) is 11.5. The van der Waals surface area contributed by atoms with Gasteiger partial charge >= 0.3 is 6.09 Å². The molecule has 0 fully saturated rings. The number of aliphatic hydroxyl groups excluding tert-OH is 1. The normalized spacial score (nSPS) is 12.3. The van der Waals surface area contributed by atoms with Gasteiger partial charge in [0.2, 0.25) is 0 Å². The second kappa shape index (κ2) is 6.31. The minimum atomic E-state index is -0.528. The highest BCUT2D eigenvalue weighted by molar-refractivity contribution is 5.68. The molecule has 0 bridgehead atoms. The highest BCUT2D eigenvalue weighted by Crippen LogP contribution is 2.06. The maximum Gasteiger partial charge on any atom is 0.407 e. The van der Waals surface area contributed by atoms with Crippen molar-refractivity contribution in [1.82, 2.24) is 5.32 Å². The third kappa shape index (κ3) is 7.83. The Kier molecular flexibility index (Phi) is 5.80. The largest absolute Gasteiger partial charge is 0.444 e. The van der Waals surface area contributed by atoms with Crippen LogP contribution in [0, 0.1) is 11.8 Å². The molecule has 4 heteroatoms. The molecule has 2 N–H and O–H groups in total. The van der Waals surface area contributed by atoms with E-state index in [1.165, 1.54) is 0 Å². The van der Waals surface area contributed by atoms with E-state index in [0.717, 1.165) is 0 Å². The first kappa shape index (κ1) is 13.8. The minimum absolute atomic E-state index is 0.145. The summed E-state index contributed by atoms with van der Waals surface area (Å²) in [5.74, 6) is 5.49. The van der Waals surface area contributed by atoms with Gasteiger partial charge in [0.1, 0.15) is 5.60 Å². The maximum absolute atomic E-state index is 11.3. The van der Waals surface area contributed by atoms with E-state index in [9.17, 15) is 4.79 Å². The van der Waals surface area contributed by atoms with Crippen LogP contribution in [0.5, 0.6) is 0 Å². The highest BCUT2D eigenvalue weighted by atomic mass is 16.6. The summed E-state index contributed by atoms with van der Waals surface area (Å²) in [5.41, 5.74) is -0.527. The number of aliphatic hydroxyl groups is 1. The fourth-order valence-corrected chi connectivity index (χ4v) is 0.861. The van der Waals surface area contributed by atoms with Gasteiger partial charge in [0, 0.05) is 6.42 Å². The number of carbonyl (C=O) groups excluding carboxylic acids is 1. The van der Waals surface area contributed by atoms with E-state index in [2.05, 4.69) is 17.2 Å². The van der Waals surface area contributed by atoms with Gasteiger partial charge in [-0.2, -0.15) is 0 Å². The van der Waals surface area contributed by atoms with E-state index < -0.39 is 11.7 Å². The van der Waals surface area contributed by atoms with Crippen molar-refractivity contribution >= 4 is 6.09 Å². The number of hydrogen-bond donors (Lipinski definition) is 2. The first-order valence-corrected chi connectivity index (χ1v) is 4.89. The molecule has 1 atom stereocenters. The molecule has 0 spiro atoms. The minimum Gasteiger partial charge on any atom is -0.444 e.